The van der Waals surface area contributed by atoms with Crippen molar-refractivity contribution in [2.45, 2.75) is 25.3 Å². The lowest BCUT2D eigenvalue weighted by Crippen LogP contribution is -2.56. The lowest BCUT2D eigenvalue weighted by atomic mass is 10.0. The smallest absolute Gasteiger partial charge is 0.247 e. The number of nitrogens with zero attached hydrogens (tertiary/aromatic N) is 1. The number of aldehydes is 1. The van der Waals surface area contributed by atoms with Gasteiger partial charge < -0.3 is 10.1 Å². The summed E-state index contributed by atoms with van der Waals surface area (Å²) >= 11 is 0. The molecule has 1 atom stereocenters. The van der Waals surface area contributed by atoms with Crippen LogP contribution in [0.4, 0.5) is 0 Å². The van der Waals surface area contributed by atoms with Gasteiger partial charge in [-0.15, -0.1) is 0 Å². The predicted molar refractivity (Wildman–Crippen MR) is 49.3 cm³/mol. The van der Waals surface area contributed by atoms with Gasteiger partial charge in [-0.05, 0) is 32.9 Å². The van der Waals surface area contributed by atoms with Crippen molar-refractivity contribution in [3.05, 3.63) is 0 Å². The van der Waals surface area contributed by atoms with Crippen molar-refractivity contribution in [1.82, 2.24) is 10.2 Å². The van der Waals surface area contributed by atoms with E-state index in [0.29, 0.717) is 0 Å². The van der Waals surface area contributed by atoms with E-state index in [9.17, 15) is 9.59 Å². The zero-order chi connectivity index (χ0) is 9.90. The van der Waals surface area contributed by atoms with Crippen LogP contribution in [-0.2, 0) is 9.59 Å². The summed E-state index contributed by atoms with van der Waals surface area (Å²) in [5.41, 5.74) is -0.967. The number of hydrogen-bond acceptors (Lipinski definition) is 3. The van der Waals surface area contributed by atoms with Gasteiger partial charge in [-0.2, -0.15) is 0 Å². The average molecular weight is 184 g/mol. The molecule has 4 heteroatoms. The van der Waals surface area contributed by atoms with Gasteiger partial charge in [0.15, 0.2) is 5.54 Å². The van der Waals surface area contributed by atoms with Crippen LogP contribution in [0.3, 0.4) is 0 Å². The SMILES string of the molecule is CNC(=O)C(C)(C=O)N1CCCC1. The molecule has 0 bridgehead atoms. The fraction of sp³-hybridized carbons (Fsp3) is 0.778. The second-order valence-electron chi connectivity index (χ2n) is 3.54. The van der Waals surface area contributed by atoms with Gasteiger partial charge in [0.2, 0.25) is 5.91 Å². The van der Waals surface area contributed by atoms with Crippen LogP contribution in [-0.4, -0.2) is 42.8 Å². The van der Waals surface area contributed by atoms with Crippen molar-refractivity contribution in [3.63, 3.8) is 0 Å². The number of carbonyl (C=O) groups is 2. The molecule has 1 N–H and O–H groups in total. The second kappa shape index (κ2) is 3.87. The maximum atomic E-state index is 11.5. The monoisotopic (exact) mass is 184 g/mol. The van der Waals surface area contributed by atoms with Crippen LogP contribution in [0.25, 0.3) is 0 Å². The van der Waals surface area contributed by atoms with Gasteiger partial charge in [0, 0.05) is 7.05 Å². The molecule has 4 nitrogen and oxygen atoms in total. The fourth-order valence-corrected chi connectivity index (χ4v) is 1.71. The van der Waals surface area contributed by atoms with Crippen LogP contribution in [0.15, 0.2) is 0 Å². The molecule has 0 spiro atoms. The number of amides is 1. The minimum absolute atomic E-state index is 0.218. The predicted octanol–water partition coefficient (Wildman–Crippen LogP) is -0.214. The molecule has 1 unspecified atom stereocenters. The highest BCUT2D eigenvalue weighted by Gasteiger charge is 2.39. The van der Waals surface area contributed by atoms with E-state index in [4.69, 9.17) is 0 Å². The molecule has 0 saturated carbocycles. The van der Waals surface area contributed by atoms with E-state index >= 15 is 0 Å². The molecule has 1 fully saturated rings. The number of hydrogen-bond donors (Lipinski definition) is 1. The Bertz CT molecular complexity index is 212. The van der Waals surface area contributed by atoms with Crippen LogP contribution in [0.1, 0.15) is 19.8 Å². The van der Waals surface area contributed by atoms with Gasteiger partial charge in [-0.3, -0.25) is 9.69 Å². The zero-order valence-electron chi connectivity index (χ0n) is 8.17. The Labute approximate surface area is 78.3 Å². The average Bonchev–Trinajstić information content (AvgIpc) is 2.68. The fourth-order valence-electron chi connectivity index (χ4n) is 1.71. The van der Waals surface area contributed by atoms with Gasteiger partial charge in [-0.1, -0.05) is 0 Å². The molecule has 1 saturated heterocycles. The Hall–Kier alpha value is -0.900. The van der Waals surface area contributed by atoms with Gasteiger partial charge in [0.05, 0.1) is 0 Å². The maximum absolute atomic E-state index is 11.5. The Balaban J connectivity index is 2.78. The van der Waals surface area contributed by atoms with Gasteiger partial charge in [-0.25, -0.2) is 0 Å². The topological polar surface area (TPSA) is 49.4 Å². The van der Waals surface area contributed by atoms with E-state index in [1.54, 1.807) is 14.0 Å². The lowest BCUT2D eigenvalue weighted by Gasteiger charge is -2.31. The molecule has 0 aliphatic carbocycles. The third-order valence-electron chi connectivity index (χ3n) is 2.68. The summed E-state index contributed by atoms with van der Waals surface area (Å²) in [6.45, 7) is 3.34. The van der Waals surface area contributed by atoms with E-state index in [1.807, 2.05) is 4.90 Å². The van der Waals surface area contributed by atoms with E-state index in [-0.39, 0.29) is 5.91 Å². The maximum Gasteiger partial charge on any atom is 0.247 e. The van der Waals surface area contributed by atoms with Crippen molar-refractivity contribution in [2.75, 3.05) is 20.1 Å². The molecule has 1 heterocycles. The third-order valence-corrected chi connectivity index (χ3v) is 2.68. The second-order valence-corrected chi connectivity index (χ2v) is 3.54. The number of nitrogens with one attached hydrogen (secondary N) is 1. The highest BCUT2D eigenvalue weighted by atomic mass is 16.2. The Morgan fingerprint density at radius 3 is 2.38 bits per heavy atom. The highest BCUT2D eigenvalue weighted by molar-refractivity contribution is 6.00. The van der Waals surface area contributed by atoms with Gasteiger partial charge >= 0.3 is 0 Å². The van der Waals surface area contributed by atoms with Crippen LogP contribution in [0, 0.1) is 0 Å². The minimum Gasteiger partial charge on any atom is -0.357 e. The molecule has 1 aliphatic rings. The first-order valence-electron chi connectivity index (χ1n) is 4.58. The largest absolute Gasteiger partial charge is 0.357 e. The van der Waals surface area contributed by atoms with Crippen LogP contribution >= 0.6 is 0 Å². The summed E-state index contributed by atoms with van der Waals surface area (Å²) in [5.74, 6) is -0.218. The third kappa shape index (κ3) is 1.72. The Morgan fingerprint density at radius 1 is 1.46 bits per heavy atom. The summed E-state index contributed by atoms with van der Waals surface area (Å²) in [6.07, 6.45) is 2.87. The number of likely N-dealkylation sites (N-methyl/N-ethyl adjacent to an activating group) is 1. The van der Waals surface area contributed by atoms with Gasteiger partial charge in [0.25, 0.3) is 0 Å². The van der Waals surface area contributed by atoms with Crippen LogP contribution in [0.2, 0.25) is 0 Å². The van der Waals surface area contributed by atoms with Crippen molar-refractivity contribution in [2.24, 2.45) is 0 Å². The first-order valence-corrected chi connectivity index (χ1v) is 4.58. The summed E-state index contributed by atoms with van der Waals surface area (Å²) in [5, 5.41) is 2.52. The molecule has 74 valence electrons. The summed E-state index contributed by atoms with van der Waals surface area (Å²) < 4.78 is 0. The molecule has 13 heavy (non-hydrogen) atoms. The normalized spacial score (nSPS) is 22.3. The number of rotatable bonds is 3. The molecule has 1 aliphatic heterocycles. The molecule has 0 aromatic heterocycles. The van der Waals surface area contributed by atoms with Crippen molar-refractivity contribution in [3.8, 4) is 0 Å². The molecular weight excluding hydrogens is 168 g/mol. The highest BCUT2D eigenvalue weighted by Crippen LogP contribution is 2.19. The first-order chi connectivity index (χ1) is 6.15. The molecule has 0 aromatic carbocycles. The Kier molecular flexibility index (Phi) is 3.03. The quantitative estimate of drug-likeness (QED) is 0.487. The van der Waals surface area contributed by atoms with Crippen LogP contribution < -0.4 is 5.32 Å². The standard InChI is InChI=1S/C9H16N2O2/c1-9(7-12,8(13)10-2)11-5-3-4-6-11/h7H,3-6H2,1-2H3,(H,10,13). The first kappa shape index (κ1) is 10.2. The summed E-state index contributed by atoms with van der Waals surface area (Å²) in [6, 6.07) is 0. The Morgan fingerprint density at radius 2 is 2.00 bits per heavy atom. The van der Waals surface area contributed by atoms with Crippen molar-refractivity contribution >= 4 is 12.2 Å². The summed E-state index contributed by atoms with van der Waals surface area (Å²) in [7, 11) is 1.56. The zero-order valence-corrected chi connectivity index (χ0v) is 8.17. The minimum atomic E-state index is -0.967. The molecule has 0 radical (unpaired) electrons. The van der Waals surface area contributed by atoms with Crippen molar-refractivity contribution in [1.29, 1.82) is 0 Å². The number of carbonyl (C=O) groups excluding carboxylic acids is 2. The van der Waals surface area contributed by atoms with Crippen molar-refractivity contribution < 1.29 is 9.59 Å². The molecule has 0 aromatic rings. The number of likely N-dealkylation sites (tertiary alicyclic amines) is 1. The van der Waals surface area contributed by atoms with Crippen LogP contribution in [0.5, 0.6) is 0 Å². The van der Waals surface area contributed by atoms with Gasteiger partial charge in [0.1, 0.15) is 6.29 Å². The lowest BCUT2D eigenvalue weighted by molar-refractivity contribution is -0.137. The van der Waals surface area contributed by atoms with E-state index in [2.05, 4.69) is 5.32 Å². The van der Waals surface area contributed by atoms with E-state index in [1.165, 1.54) is 0 Å². The molecule has 1 rings (SSSR count). The van der Waals surface area contributed by atoms with E-state index in [0.717, 1.165) is 32.2 Å². The van der Waals surface area contributed by atoms with E-state index < -0.39 is 5.54 Å². The summed E-state index contributed by atoms with van der Waals surface area (Å²) in [4.78, 5) is 24.3. The molecular formula is C9H16N2O2. The molecule has 1 amide bonds.